The molecule has 1 aromatic carbocycles. The van der Waals surface area contributed by atoms with Gasteiger partial charge in [-0.3, -0.25) is 0 Å². The fourth-order valence-corrected chi connectivity index (χ4v) is 2.18. The molecule has 1 aromatic rings. The van der Waals surface area contributed by atoms with E-state index in [-0.39, 0.29) is 28.3 Å². The molecule has 0 aliphatic carbocycles. The Morgan fingerprint density at radius 1 is 1.53 bits per heavy atom. The van der Waals surface area contributed by atoms with Gasteiger partial charge in [0, 0.05) is 22.8 Å². The van der Waals surface area contributed by atoms with Gasteiger partial charge < -0.3 is 10.8 Å². The summed E-state index contributed by atoms with van der Waals surface area (Å²) >= 11 is 0. The smallest absolute Gasteiger partial charge is 0.262 e. The number of phenolic OH excluding ortho intramolecular Hbond substituents is 1. The average Bonchev–Trinajstić information content (AvgIpc) is 2.15. The molecule has 0 bridgehead atoms. The summed E-state index contributed by atoms with van der Waals surface area (Å²) in [6.45, 7) is -0.144. The van der Waals surface area contributed by atoms with E-state index in [4.69, 9.17) is 21.7 Å². The van der Waals surface area contributed by atoms with Crippen molar-refractivity contribution in [1.29, 1.82) is 5.26 Å². The van der Waals surface area contributed by atoms with Crippen molar-refractivity contribution in [1.82, 2.24) is 0 Å². The Hall–Kier alpha value is -1.29. The third-order valence-corrected chi connectivity index (χ3v) is 3.19. The van der Waals surface area contributed by atoms with Gasteiger partial charge in [-0.15, -0.1) is 0 Å². The molecule has 0 heterocycles. The summed E-state index contributed by atoms with van der Waals surface area (Å²) < 4.78 is 22.2. The lowest BCUT2D eigenvalue weighted by Gasteiger charge is -2.07. The Labute approximate surface area is 91.1 Å². The minimum Gasteiger partial charge on any atom is -0.508 e. The summed E-state index contributed by atoms with van der Waals surface area (Å²) in [6, 6.07) is 3.86. The summed E-state index contributed by atoms with van der Waals surface area (Å²) in [5.74, 6) is -0.224. The highest BCUT2D eigenvalue weighted by molar-refractivity contribution is 8.13. The molecule has 0 fully saturated rings. The van der Waals surface area contributed by atoms with Crippen molar-refractivity contribution in [3.63, 3.8) is 0 Å². The van der Waals surface area contributed by atoms with Crippen LogP contribution in [0.5, 0.6) is 5.75 Å². The van der Waals surface area contributed by atoms with E-state index in [0.717, 1.165) is 12.1 Å². The maximum Gasteiger partial charge on any atom is 0.262 e. The van der Waals surface area contributed by atoms with E-state index in [2.05, 4.69) is 0 Å². The van der Waals surface area contributed by atoms with Crippen LogP contribution in [-0.4, -0.2) is 13.5 Å². The molecule has 80 valence electrons. The molecule has 0 aliphatic rings. The van der Waals surface area contributed by atoms with Crippen LogP contribution in [0.1, 0.15) is 11.1 Å². The van der Waals surface area contributed by atoms with E-state index in [9.17, 15) is 13.5 Å². The van der Waals surface area contributed by atoms with Crippen LogP contribution in [-0.2, 0) is 15.6 Å². The molecule has 3 N–H and O–H groups in total. The second-order valence-electron chi connectivity index (χ2n) is 2.69. The Balaban J connectivity index is 3.66. The van der Waals surface area contributed by atoms with Crippen LogP contribution >= 0.6 is 10.7 Å². The van der Waals surface area contributed by atoms with Gasteiger partial charge in [0.1, 0.15) is 16.7 Å². The number of phenols is 1. The third kappa shape index (κ3) is 2.21. The Kier molecular flexibility index (Phi) is 3.19. The molecule has 7 heteroatoms. The van der Waals surface area contributed by atoms with Gasteiger partial charge in [0.15, 0.2) is 0 Å². The number of halogens is 1. The first-order valence-corrected chi connectivity index (χ1v) is 6.12. The minimum atomic E-state index is -4.01. The summed E-state index contributed by atoms with van der Waals surface area (Å²) in [4.78, 5) is -0.343. The lowest BCUT2D eigenvalue weighted by atomic mass is 10.1. The van der Waals surface area contributed by atoms with Crippen molar-refractivity contribution < 1.29 is 13.5 Å². The molecule has 0 aliphatic heterocycles. The van der Waals surface area contributed by atoms with Crippen LogP contribution in [0.4, 0.5) is 0 Å². The van der Waals surface area contributed by atoms with Gasteiger partial charge in [-0.05, 0) is 12.1 Å². The fourth-order valence-electron chi connectivity index (χ4n) is 1.15. The van der Waals surface area contributed by atoms with Crippen molar-refractivity contribution in [3.8, 4) is 11.8 Å². The molecule has 0 radical (unpaired) electrons. The largest absolute Gasteiger partial charge is 0.508 e. The molecule has 0 atom stereocenters. The van der Waals surface area contributed by atoms with Gasteiger partial charge in [0.05, 0.1) is 5.56 Å². The number of nitriles is 1. The zero-order valence-electron chi connectivity index (χ0n) is 7.44. The van der Waals surface area contributed by atoms with Gasteiger partial charge in [-0.2, -0.15) is 5.26 Å². The van der Waals surface area contributed by atoms with Crippen LogP contribution in [0, 0.1) is 11.3 Å². The van der Waals surface area contributed by atoms with Gasteiger partial charge in [-0.1, -0.05) is 0 Å². The number of hydrogen-bond donors (Lipinski definition) is 2. The van der Waals surface area contributed by atoms with Gasteiger partial charge >= 0.3 is 0 Å². The van der Waals surface area contributed by atoms with Crippen molar-refractivity contribution in [2.75, 3.05) is 0 Å². The molecule has 0 saturated heterocycles. The highest BCUT2D eigenvalue weighted by Crippen LogP contribution is 2.28. The minimum absolute atomic E-state index is 0.0687. The summed E-state index contributed by atoms with van der Waals surface area (Å²) in [5, 5.41) is 18.1. The van der Waals surface area contributed by atoms with Crippen LogP contribution in [0.2, 0.25) is 0 Å². The topological polar surface area (TPSA) is 104 Å². The van der Waals surface area contributed by atoms with E-state index >= 15 is 0 Å². The van der Waals surface area contributed by atoms with E-state index in [1.54, 1.807) is 6.07 Å². The first-order chi connectivity index (χ1) is 6.91. The number of aromatic hydroxyl groups is 1. The summed E-state index contributed by atoms with van der Waals surface area (Å²) in [7, 11) is 1.11. The SMILES string of the molecule is N#Cc1c(S(=O)(=O)Cl)ccc(O)c1CN. The van der Waals surface area contributed by atoms with Gasteiger partial charge in [0.25, 0.3) is 9.05 Å². The molecule has 1 rings (SSSR count). The summed E-state index contributed by atoms with van der Waals surface area (Å²) in [5.41, 5.74) is 5.14. The molecule has 0 unspecified atom stereocenters. The maximum atomic E-state index is 11.1. The first-order valence-electron chi connectivity index (χ1n) is 3.81. The predicted molar refractivity (Wildman–Crippen MR) is 53.8 cm³/mol. The fraction of sp³-hybridized carbons (Fsp3) is 0.125. The van der Waals surface area contributed by atoms with Gasteiger partial charge in [0.2, 0.25) is 0 Å². The highest BCUT2D eigenvalue weighted by Gasteiger charge is 2.20. The maximum absolute atomic E-state index is 11.1. The van der Waals surface area contributed by atoms with Crippen molar-refractivity contribution in [2.24, 2.45) is 5.73 Å². The molecule has 0 aromatic heterocycles. The van der Waals surface area contributed by atoms with E-state index in [1.807, 2.05) is 0 Å². The Morgan fingerprint density at radius 3 is 2.53 bits per heavy atom. The quantitative estimate of drug-likeness (QED) is 0.746. The molecular formula is C8H7ClN2O3S. The Bertz CT molecular complexity index is 534. The lowest BCUT2D eigenvalue weighted by molar-refractivity contribution is 0.467. The molecule has 15 heavy (non-hydrogen) atoms. The van der Waals surface area contributed by atoms with E-state index < -0.39 is 9.05 Å². The van der Waals surface area contributed by atoms with E-state index in [1.165, 1.54) is 0 Å². The normalized spacial score (nSPS) is 11.0. The standard InChI is InChI=1S/C8H7ClN2O3S/c9-15(13,14)8-2-1-7(12)5(3-10)6(8)4-11/h1-2,12H,3,10H2. The highest BCUT2D eigenvalue weighted by atomic mass is 35.7. The average molecular weight is 247 g/mol. The first kappa shape index (κ1) is 11.8. The van der Waals surface area contributed by atoms with Crippen LogP contribution in [0.15, 0.2) is 17.0 Å². The van der Waals surface area contributed by atoms with Crippen LogP contribution < -0.4 is 5.73 Å². The number of benzene rings is 1. The number of hydrogen-bond acceptors (Lipinski definition) is 5. The lowest BCUT2D eigenvalue weighted by Crippen LogP contribution is -2.04. The van der Waals surface area contributed by atoms with Crippen LogP contribution in [0.25, 0.3) is 0 Å². The van der Waals surface area contributed by atoms with Crippen molar-refractivity contribution >= 4 is 19.7 Å². The van der Waals surface area contributed by atoms with Gasteiger partial charge in [-0.25, -0.2) is 8.42 Å². The third-order valence-electron chi connectivity index (χ3n) is 1.83. The molecule has 0 spiro atoms. The number of nitrogens with zero attached hydrogens (tertiary/aromatic N) is 1. The Morgan fingerprint density at radius 2 is 2.13 bits per heavy atom. The number of rotatable bonds is 2. The van der Waals surface area contributed by atoms with Crippen LogP contribution in [0.3, 0.4) is 0 Å². The number of nitrogens with two attached hydrogens (primary N) is 1. The van der Waals surface area contributed by atoms with Crippen molar-refractivity contribution in [2.45, 2.75) is 11.4 Å². The molecular weight excluding hydrogens is 240 g/mol. The second kappa shape index (κ2) is 4.06. The molecule has 5 nitrogen and oxygen atoms in total. The predicted octanol–water partition coefficient (Wildman–Crippen LogP) is 0.650. The molecule has 0 saturated carbocycles. The molecule has 0 amide bonds. The zero-order valence-corrected chi connectivity index (χ0v) is 9.01. The van der Waals surface area contributed by atoms with E-state index in [0.29, 0.717) is 0 Å². The monoisotopic (exact) mass is 246 g/mol. The summed E-state index contributed by atoms with van der Waals surface area (Å²) in [6.07, 6.45) is 0. The second-order valence-corrected chi connectivity index (χ2v) is 5.22. The van der Waals surface area contributed by atoms with Crippen molar-refractivity contribution in [3.05, 3.63) is 23.3 Å². The zero-order chi connectivity index (χ0) is 11.6.